The molecule has 3 aromatic carbocycles. The highest BCUT2D eigenvalue weighted by Gasteiger charge is 2.36. The van der Waals surface area contributed by atoms with Gasteiger partial charge in [-0.25, -0.2) is 4.98 Å². The minimum atomic E-state index is -0.0422. The summed E-state index contributed by atoms with van der Waals surface area (Å²) in [6.07, 6.45) is 4.40. The molecule has 4 aromatic rings. The quantitative estimate of drug-likeness (QED) is 0.297. The second-order valence-corrected chi connectivity index (χ2v) is 8.95. The standard InChI is InChI=1S/C30H31N3O4/c1-4-9-21-14-15-27(28(18-21)36-3)37-17-16-32-24-11-6-5-10-23(24)31-30(32)22-19-29(34)33(20-22)25-12-7-8-13-26(25)35-2/h4-15,18,22H,16-17,19-20H2,1-3H3/b9-4+/t22-/m0/s1. The van der Waals surface area contributed by atoms with Crippen LogP contribution in [0.1, 0.15) is 30.7 Å². The molecule has 37 heavy (non-hydrogen) atoms. The van der Waals surface area contributed by atoms with Crippen molar-refractivity contribution in [3.05, 3.63) is 84.2 Å². The molecule has 1 amide bonds. The highest BCUT2D eigenvalue weighted by molar-refractivity contribution is 5.97. The van der Waals surface area contributed by atoms with Gasteiger partial charge in [0.15, 0.2) is 11.5 Å². The summed E-state index contributed by atoms with van der Waals surface area (Å²) in [6, 6.07) is 21.6. The number of hydrogen-bond acceptors (Lipinski definition) is 5. The van der Waals surface area contributed by atoms with E-state index in [4.69, 9.17) is 19.2 Å². The third-order valence-corrected chi connectivity index (χ3v) is 6.67. The smallest absolute Gasteiger partial charge is 0.227 e. The number of aromatic nitrogens is 2. The zero-order valence-electron chi connectivity index (χ0n) is 21.4. The largest absolute Gasteiger partial charge is 0.495 e. The Morgan fingerprint density at radius 1 is 0.973 bits per heavy atom. The monoisotopic (exact) mass is 497 g/mol. The lowest BCUT2D eigenvalue weighted by atomic mass is 10.1. The van der Waals surface area contributed by atoms with Crippen LogP contribution in [0.15, 0.2) is 72.8 Å². The van der Waals surface area contributed by atoms with E-state index in [9.17, 15) is 4.79 Å². The lowest BCUT2D eigenvalue weighted by Gasteiger charge is -2.20. The third-order valence-electron chi connectivity index (χ3n) is 6.67. The number of benzene rings is 3. The number of nitrogens with zero attached hydrogens (tertiary/aromatic N) is 3. The maximum absolute atomic E-state index is 13.1. The van der Waals surface area contributed by atoms with Gasteiger partial charge in [-0.15, -0.1) is 0 Å². The van der Waals surface area contributed by atoms with Gasteiger partial charge in [0.1, 0.15) is 18.2 Å². The maximum atomic E-state index is 13.1. The van der Waals surface area contributed by atoms with Gasteiger partial charge in [-0.05, 0) is 48.9 Å². The van der Waals surface area contributed by atoms with Crippen LogP contribution in [0.5, 0.6) is 17.2 Å². The highest BCUT2D eigenvalue weighted by Crippen LogP contribution is 2.37. The van der Waals surface area contributed by atoms with E-state index < -0.39 is 0 Å². The molecule has 0 unspecified atom stereocenters. The molecule has 7 heteroatoms. The van der Waals surface area contributed by atoms with E-state index in [2.05, 4.69) is 10.6 Å². The van der Waals surface area contributed by atoms with Gasteiger partial charge in [0.05, 0.1) is 37.5 Å². The average Bonchev–Trinajstić information content (AvgIpc) is 3.49. The molecule has 0 N–H and O–H groups in total. The van der Waals surface area contributed by atoms with Crippen LogP contribution in [0.2, 0.25) is 0 Å². The number of rotatable bonds is 9. The van der Waals surface area contributed by atoms with Gasteiger partial charge in [0, 0.05) is 18.9 Å². The van der Waals surface area contributed by atoms with Crippen LogP contribution in [0, 0.1) is 0 Å². The number of fused-ring (bicyclic) bond motifs is 1. The minimum absolute atomic E-state index is 0.0422. The fraction of sp³-hybridized carbons (Fsp3) is 0.267. The van der Waals surface area contributed by atoms with E-state index in [-0.39, 0.29) is 11.8 Å². The fourth-order valence-corrected chi connectivity index (χ4v) is 4.95. The molecule has 190 valence electrons. The topological polar surface area (TPSA) is 65.8 Å². The fourth-order valence-electron chi connectivity index (χ4n) is 4.95. The van der Waals surface area contributed by atoms with E-state index >= 15 is 0 Å². The molecule has 0 radical (unpaired) electrons. The molecule has 5 rings (SSSR count). The second kappa shape index (κ2) is 10.8. The van der Waals surface area contributed by atoms with Crippen molar-refractivity contribution in [1.29, 1.82) is 0 Å². The number of carbonyl (C=O) groups excluding carboxylic acids is 1. The van der Waals surface area contributed by atoms with Crippen molar-refractivity contribution in [3.63, 3.8) is 0 Å². The Kier molecular flexibility index (Phi) is 7.12. The van der Waals surface area contributed by atoms with Crippen LogP contribution < -0.4 is 19.1 Å². The Morgan fingerprint density at radius 2 is 1.76 bits per heavy atom. The zero-order chi connectivity index (χ0) is 25.8. The number of amides is 1. The van der Waals surface area contributed by atoms with Crippen molar-refractivity contribution < 1.29 is 19.0 Å². The first kappa shape index (κ1) is 24.4. The van der Waals surface area contributed by atoms with Crippen LogP contribution in [0.25, 0.3) is 17.1 Å². The van der Waals surface area contributed by atoms with Gasteiger partial charge in [-0.2, -0.15) is 0 Å². The molecule has 0 aliphatic carbocycles. The molecule has 1 saturated heterocycles. The molecule has 1 atom stereocenters. The number of methoxy groups -OCH3 is 2. The Labute approximate surface area is 216 Å². The van der Waals surface area contributed by atoms with Gasteiger partial charge in [-0.1, -0.05) is 42.5 Å². The molecule has 0 saturated carbocycles. The number of anilines is 1. The van der Waals surface area contributed by atoms with E-state index in [0.717, 1.165) is 28.1 Å². The molecule has 0 spiro atoms. The van der Waals surface area contributed by atoms with Crippen LogP contribution in [0.4, 0.5) is 5.69 Å². The summed E-state index contributed by atoms with van der Waals surface area (Å²) in [5, 5.41) is 0. The first-order chi connectivity index (χ1) is 18.1. The molecule has 2 heterocycles. The van der Waals surface area contributed by atoms with E-state index in [1.807, 2.05) is 79.7 Å². The highest BCUT2D eigenvalue weighted by atomic mass is 16.5. The van der Waals surface area contributed by atoms with Crippen LogP contribution in [-0.2, 0) is 11.3 Å². The van der Waals surface area contributed by atoms with Crippen molar-refractivity contribution in [3.8, 4) is 17.2 Å². The molecule has 1 aliphatic rings. The molecular formula is C30H31N3O4. The number of hydrogen-bond donors (Lipinski definition) is 0. The molecule has 1 aromatic heterocycles. The second-order valence-electron chi connectivity index (χ2n) is 8.95. The summed E-state index contributed by atoms with van der Waals surface area (Å²) in [5.74, 6) is 2.99. The van der Waals surface area contributed by atoms with E-state index in [1.54, 1.807) is 19.1 Å². The molecule has 7 nitrogen and oxygen atoms in total. The van der Waals surface area contributed by atoms with Gasteiger partial charge < -0.3 is 23.7 Å². The number of imidazole rings is 1. The van der Waals surface area contributed by atoms with Gasteiger partial charge in [-0.3, -0.25) is 4.79 Å². The summed E-state index contributed by atoms with van der Waals surface area (Å²) in [6.45, 7) is 3.56. The number of ether oxygens (including phenoxy) is 3. The average molecular weight is 498 g/mol. The van der Waals surface area contributed by atoms with E-state index in [0.29, 0.717) is 43.4 Å². The maximum Gasteiger partial charge on any atom is 0.227 e. The van der Waals surface area contributed by atoms with Crippen molar-refractivity contribution in [2.45, 2.75) is 25.8 Å². The number of para-hydroxylation sites is 4. The van der Waals surface area contributed by atoms with Gasteiger partial charge >= 0.3 is 0 Å². The molecule has 1 fully saturated rings. The zero-order valence-corrected chi connectivity index (χ0v) is 21.4. The van der Waals surface area contributed by atoms with Crippen molar-refractivity contribution in [2.75, 3.05) is 32.3 Å². The van der Waals surface area contributed by atoms with Crippen LogP contribution in [-0.4, -0.2) is 42.8 Å². The van der Waals surface area contributed by atoms with E-state index in [1.165, 1.54) is 0 Å². The minimum Gasteiger partial charge on any atom is -0.495 e. The summed E-state index contributed by atoms with van der Waals surface area (Å²) in [4.78, 5) is 19.8. The molecule has 0 bridgehead atoms. The Balaban J connectivity index is 1.39. The van der Waals surface area contributed by atoms with Crippen molar-refractivity contribution >= 4 is 28.7 Å². The Hall–Kier alpha value is -4.26. The number of carbonyl (C=O) groups is 1. The predicted octanol–water partition coefficient (Wildman–Crippen LogP) is 5.69. The van der Waals surface area contributed by atoms with Gasteiger partial charge in [0.25, 0.3) is 0 Å². The first-order valence-electron chi connectivity index (χ1n) is 12.4. The van der Waals surface area contributed by atoms with Crippen LogP contribution >= 0.6 is 0 Å². The summed E-state index contributed by atoms with van der Waals surface area (Å²) >= 11 is 0. The van der Waals surface area contributed by atoms with Gasteiger partial charge in [0.2, 0.25) is 5.91 Å². The third kappa shape index (κ3) is 4.89. The SMILES string of the molecule is C/C=C/c1ccc(OCCn2c([C@H]3CC(=O)N(c4ccccc4OC)C3)nc3ccccc32)c(OC)c1. The Morgan fingerprint density at radius 3 is 2.57 bits per heavy atom. The van der Waals surface area contributed by atoms with Crippen LogP contribution in [0.3, 0.4) is 0 Å². The normalized spacial score (nSPS) is 15.6. The predicted molar refractivity (Wildman–Crippen MR) is 146 cm³/mol. The summed E-state index contributed by atoms with van der Waals surface area (Å²) in [7, 11) is 3.27. The van der Waals surface area contributed by atoms with Crippen molar-refractivity contribution in [2.24, 2.45) is 0 Å². The summed E-state index contributed by atoms with van der Waals surface area (Å²) in [5.41, 5.74) is 3.78. The van der Waals surface area contributed by atoms with Crippen molar-refractivity contribution in [1.82, 2.24) is 9.55 Å². The summed E-state index contributed by atoms with van der Waals surface area (Å²) < 4.78 is 19.4. The Bertz CT molecular complexity index is 1440. The number of allylic oxidation sites excluding steroid dienone is 1. The lowest BCUT2D eigenvalue weighted by molar-refractivity contribution is -0.117. The first-order valence-corrected chi connectivity index (χ1v) is 12.4. The molecular weight excluding hydrogens is 466 g/mol. The lowest BCUT2D eigenvalue weighted by Crippen LogP contribution is -2.25. The molecule has 1 aliphatic heterocycles.